The fourth-order valence-electron chi connectivity index (χ4n) is 6.11. The first-order valence-corrected chi connectivity index (χ1v) is 17.9. The average Bonchev–Trinajstić information content (AvgIpc) is 3.68. The van der Waals surface area contributed by atoms with Gasteiger partial charge in [0.05, 0.1) is 61.7 Å². The molecule has 6 rings (SSSR count). The highest BCUT2D eigenvalue weighted by Crippen LogP contribution is 2.29. The minimum atomic E-state index is -1.17. The molecular formula is C40H44N6O10. The van der Waals surface area contributed by atoms with Crippen molar-refractivity contribution in [1.82, 2.24) is 29.1 Å². The molecule has 4 heterocycles. The summed E-state index contributed by atoms with van der Waals surface area (Å²) in [6.45, 7) is 4.08. The fourth-order valence-corrected chi connectivity index (χ4v) is 6.11. The average molecular weight is 769 g/mol. The molecule has 0 saturated carbocycles. The molecule has 0 fully saturated rings. The van der Waals surface area contributed by atoms with Crippen LogP contribution < -0.4 is 9.47 Å². The third-order valence-electron chi connectivity index (χ3n) is 8.72. The molecule has 0 unspecified atom stereocenters. The van der Waals surface area contributed by atoms with E-state index in [4.69, 9.17) is 48.5 Å². The van der Waals surface area contributed by atoms with Crippen molar-refractivity contribution in [1.29, 1.82) is 0 Å². The van der Waals surface area contributed by atoms with Crippen molar-refractivity contribution in [2.75, 3.05) is 66.6 Å². The van der Waals surface area contributed by atoms with Gasteiger partial charge in [-0.15, -0.1) is 0 Å². The molecule has 0 amide bonds. The number of aromatic nitrogens is 6. The lowest BCUT2D eigenvalue weighted by atomic mass is 10.0. The first-order chi connectivity index (χ1) is 27.1. The molecule has 0 aliphatic rings. The summed E-state index contributed by atoms with van der Waals surface area (Å²) >= 11 is 0. The quantitative estimate of drug-likeness (QED) is 0.0957. The fraction of sp³-hybridized carbons (Fsp3) is 0.350. The number of hydrogen-bond acceptors (Lipinski definition) is 12. The van der Waals surface area contributed by atoms with Crippen LogP contribution in [0.3, 0.4) is 0 Å². The lowest BCUT2D eigenvalue weighted by molar-refractivity contribution is -0.142. The second-order valence-corrected chi connectivity index (χ2v) is 12.9. The number of aliphatic carboxylic acids is 1. The number of hydrogen-bond donors (Lipinski definition) is 2. The number of fused-ring (bicyclic) bond motifs is 2. The van der Waals surface area contributed by atoms with Crippen molar-refractivity contribution in [2.45, 2.75) is 13.3 Å². The number of carboxylic acid groups (broad SMARTS) is 2. The van der Waals surface area contributed by atoms with E-state index >= 15 is 0 Å². The van der Waals surface area contributed by atoms with Crippen LogP contribution >= 0.6 is 0 Å². The van der Waals surface area contributed by atoms with Crippen LogP contribution in [0.4, 0.5) is 0 Å². The zero-order valence-electron chi connectivity index (χ0n) is 31.7. The van der Waals surface area contributed by atoms with Crippen LogP contribution in [0, 0.1) is 6.92 Å². The molecule has 16 nitrogen and oxygen atoms in total. The van der Waals surface area contributed by atoms with E-state index in [1.165, 1.54) is 6.07 Å². The minimum absolute atomic E-state index is 0.147. The predicted octanol–water partition coefficient (Wildman–Crippen LogP) is 4.72. The van der Waals surface area contributed by atoms with Gasteiger partial charge in [-0.2, -0.15) is 0 Å². The van der Waals surface area contributed by atoms with Gasteiger partial charge in [-0.3, -0.25) is 0 Å². The summed E-state index contributed by atoms with van der Waals surface area (Å²) in [6, 6.07) is 19.1. The summed E-state index contributed by atoms with van der Waals surface area (Å²) in [5.74, 6) is 0.0159. The Kier molecular flexibility index (Phi) is 13.2. The Morgan fingerprint density at radius 3 is 1.70 bits per heavy atom. The van der Waals surface area contributed by atoms with E-state index in [1.807, 2.05) is 54.4 Å². The Morgan fingerprint density at radius 2 is 1.14 bits per heavy atom. The van der Waals surface area contributed by atoms with Gasteiger partial charge in [0.25, 0.3) is 0 Å². The molecule has 0 spiro atoms. The van der Waals surface area contributed by atoms with Crippen molar-refractivity contribution in [3.8, 4) is 34.5 Å². The Labute approximate surface area is 322 Å². The maximum atomic E-state index is 11.9. The smallest absolute Gasteiger partial charge is 0.354 e. The number of carboxylic acids is 2. The van der Waals surface area contributed by atoms with Crippen LogP contribution in [0.25, 0.3) is 45.1 Å². The number of carbonyl (C=O) groups is 2. The highest BCUT2D eigenvalue weighted by Gasteiger charge is 2.18. The van der Waals surface area contributed by atoms with Gasteiger partial charge in [0, 0.05) is 51.2 Å². The summed E-state index contributed by atoms with van der Waals surface area (Å²) in [7, 11) is 5.42. The van der Waals surface area contributed by atoms with Crippen molar-refractivity contribution in [2.24, 2.45) is 14.1 Å². The van der Waals surface area contributed by atoms with Gasteiger partial charge in [-0.05, 0) is 48.7 Å². The van der Waals surface area contributed by atoms with E-state index in [0.717, 1.165) is 38.9 Å². The van der Waals surface area contributed by atoms with E-state index < -0.39 is 11.9 Å². The van der Waals surface area contributed by atoms with Crippen LogP contribution in [-0.2, 0) is 44.3 Å². The molecule has 6 aromatic rings. The molecule has 294 valence electrons. The minimum Gasteiger partial charge on any atom is -0.491 e. The Bertz CT molecular complexity index is 2320. The van der Waals surface area contributed by atoms with E-state index in [9.17, 15) is 14.7 Å². The number of rotatable bonds is 21. The Hall–Kier alpha value is -5.94. The third-order valence-corrected chi connectivity index (χ3v) is 8.72. The molecule has 0 bridgehead atoms. The first-order valence-electron chi connectivity index (χ1n) is 17.9. The van der Waals surface area contributed by atoms with Crippen LogP contribution in [0.1, 0.15) is 27.3 Å². The standard InChI is InChI=1S/C40H44N6O10/c1-25-17-28(55-15-14-53-11-12-54-24-37(47)48)21-32(41-25)38-43-30-19-26(5-7-35(30)45(38)2)18-27-6-8-36-31(20-27)44-39(46(36)3)33-22-29(23-34(42-33)40(49)50)56-16-13-52-10-9-51-4/h5-8,17,19-23H,9-16,18,24H2,1-4H3,(H,47,48)(H,49,50). The number of aryl methyl sites for hydroxylation is 3. The maximum absolute atomic E-state index is 11.9. The molecule has 0 aliphatic heterocycles. The van der Waals surface area contributed by atoms with Gasteiger partial charge in [-0.1, -0.05) is 12.1 Å². The van der Waals surface area contributed by atoms with Gasteiger partial charge in [0.1, 0.15) is 42.7 Å². The molecular weight excluding hydrogens is 724 g/mol. The molecule has 2 aromatic carbocycles. The normalized spacial score (nSPS) is 11.4. The number of ether oxygens (including phenoxy) is 6. The first kappa shape index (κ1) is 39.7. The Morgan fingerprint density at radius 1 is 0.625 bits per heavy atom. The van der Waals surface area contributed by atoms with Crippen molar-refractivity contribution < 1.29 is 48.2 Å². The van der Waals surface area contributed by atoms with Gasteiger partial charge in [-0.25, -0.2) is 29.5 Å². The molecule has 0 atom stereocenters. The molecule has 2 N–H and O–H groups in total. The SMILES string of the molecule is COCCOCCOc1cc(C(=O)O)nc(-c2nc3cc(Cc4ccc5c(c4)nc(-c4cc(OCCOCCOCC(=O)O)cc(C)n4)n5C)ccc3n2C)c1. The van der Waals surface area contributed by atoms with E-state index in [2.05, 4.69) is 29.2 Å². The van der Waals surface area contributed by atoms with E-state index in [-0.39, 0.29) is 32.1 Å². The number of methoxy groups -OCH3 is 1. The molecule has 4 aromatic heterocycles. The van der Waals surface area contributed by atoms with Crippen LogP contribution in [-0.4, -0.2) is 118 Å². The highest BCUT2D eigenvalue weighted by molar-refractivity contribution is 5.87. The lowest BCUT2D eigenvalue weighted by Crippen LogP contribution is -2.14. The molecule has 56 heavy (non-hydrogen) atoms. The largest absolute Gasteiger partial charge is 0.491 e. The van der Waals surface area contributed by atoms with Gasteiger partial charge in [0.2, 0.25) is 0 Å². The number of nitrogens with zero attached hydrogens (tertiary/aromatic N) is 6. The summed E-state index contributed by atoms with van der Waals surface area (Å²) in [5, 5.41) is 18.4. The van der Waals surface area contributed by atoms with Crippen LogP contribution in [0.2, 0.25) is 0 Å². The van der Waals surface area contributed by atoms with E-state index in [0.29, 0.717) is 74.0 Å². The Balaban J connectivity index is 1.15. The van der Waals surface area contributed by atoms with Crippen LogP contribution in [0.5, 0.6) is 11.5 Å². The second-order valence-electron chi connectivity index (χ2n) is 12.9. The summed E-state index contributed by atoms with van der Waals surface area (Å²) < 4.78 is 36.5. The topological polar surface area (TPSA) is 191 Å². The van der Waals surface area contributed by atoms with Crippen molar-refractivity contribution in [3.05, 3.63) is 83.2 Å². The maximum Gasteiger partial charge on any atom is 0.354 e. The van der Waals surface area contributed by atoms with Gasteiger partial charge in [0.15, 0.2) is 17.3 Å². The zero-order valence-corrected chi connectivity index (χ0v) is 31.7. The molecule has 0 radical (unpaired) electrons. The van der Waals surface area contributed by atoms with Crippen molar-refractivity contribution in [3.63, 3.8) is 0 Å². The molecule has 16 heteroatoms. The van der Waals surface area contributed by atoms with Crippen molar-refractivity contribution >= 4 is 34.0 Å². The second kappa shape index (κ2) is 18.6. The lowest BCUT2D eigenvalue weighted by Gasteiger charge is -2.10. The number of imidazole rings is 2. The third kappa shape index (κ3) is 10.0. The van der Waals surface area contributed by atoms with Gasteiger partial charge < -0.3 is 47.8 Å². The van der Waals surface area contributed by atoms with Crippen LogP contribution in [0.15, 0.2) is 60.7 Å². The monoisotopic (exact) mass is 768 g/mol. The van der Waals surface area contributed by atoms with E-state index in [1.54, 1.807) is 13.2 Å². The highest BCUT2D eigenvalue weighted by atomic mass is 16.6. The van der Waals surface area contributed by atoms with Gasteiger partial charge >= 0.3 is 11.9 Å². The summed E-state index contributed by atoms with van der Waals surface area (Å²) in [4.78, 5) is 41.4. The zero-order chi connectivity index (χ0) is 39.6. The molecule has 0 saturated heterocycles. The number of aromatic carboxylic acids is 1. The number of pyridine rings is 2. The number of benzene rings is 2. The summed E-state index contributed by atoms with van der Waals surface area (Å²) in [6.07, 6.45) is 0.634. The summed E-state index contributed by atoms with van der Waals surface area (Å²) in [5.41, 5.74) is 7.19. The predicted molar refractivity (Wildman–Crippen MR) is 205 cm³/mol. The molecule has 0 aliphatic carbocycles.